The first-order valence-corrected chi connectivity index (χ1v) is 14.3. The molecule has 0 aliphatic carbocycles. The highest BCUT2D eigenvalue weighted by Crippen LogP contribution is 2.42. The van der Waals surface area contributed by atoms with Gasteiger partial charge in [-0.25, -0.2) is 12.8 Å². The maximum atomic E-state index is 13.7. The molecule has 11 heteroatoms. The van der Waals surface area contributed by atoms with Crippen molar-refractivity contribution in [2.45, 2.75) is 0 Å². The van der Waals surface area contributed by atoms with E-state index in [1.165, 1.54) is 38.4 Å². The monoisotopic (exact) mass is 570 g/mol. The van der Waals surface area contributed by atoms with Gasteiger partial charge < -0.3 is 14.2 Å². The normalized spacial score (nSPS) is 11.7. The molecule has 2 aromatic carbocycles. The predicted molar refractivity (Wildman–Crippen MR) is 154 cm³/mol. The van der Waals surface area contributed by atoms with E-state index in [4.69, 9.17) is 8.83 Å². The molecule has 6 aromatic rings. The number of aromatic nitrogens is 2. The van der Waals surface area contributed by atoms with Crippen molar-refractivity contribution in [3.8, 4) is 33.8 Å². The Bertz CT molecular complexity index is 2030. The van der Waals surface area contributed by atoms with E-state index in [2.05, 4.69) is 15.3 Å². The van der Waals surface area contributed by atoms with E-state index in [1.807, 2.05) is 12.1 Å². The van der Waals surface area contributed by atoms with Crippen molar-refractivity contribution in [2.75, 3.05) is 24.7 Å². The second kappa shape index (κ2) is 9.86. The van der Waals surface area contributed by atoms with Crippen LogP contribution in [0.15, 0.2) is 88.1 Å². The van der Waals surface area contributed by atoms with E-state index in [0.29, 0.717) is 50.2 Å². The summed E-state index contributed by atoms with van der Waals surface area (Å²) in [5.74, 6) is -0.0792. The summed E-state index contributed by atoms with van der Waals surface area (Å²) in [6.45, 7) is 0. The molecule has 206 valence electrons. The molecule has 0 fully saturated rings. The number of sulfonamides is 1. The van der Waals surface area contributed by atoms with E-state index in [-0.39, 0.29) is 16.9 Å². The number of hydrogen-bond donors (Lipinski definition) is 1. The number of carbonyl (C=O) groups is 1. The van der Waals surface area contributed by atoms with Crippen LogP contribution in [-0.2, 0) is 10.0 Å². The van der Waals surface area contributed by atoms with Crippen LogP contribution in [-0.4, -0.2) is 44.6 Å². The van der Waals surface area contributed by atoms with Crippen LogP contribution in [0, 0.1) is 5.82 Å². The van der Waals surface area contributed by atoms with Gasteiger partial charge in [0.05, 0.1) is 17.5 Å². The number of nitrogens with zero attached hydrogens (tertiary/aromatic N) is 3. The zero-order valence-corrected chi connectivity index (χ0v) is 23.0. The Labute approximate surface area is 234 Å². The summed E-state index contributed by atoms with van der Waals surface area (Å²) >= 11 is 0. The molecule has 0 saturated carbocycles. The van der Waals surface area contributed by atoms with Crippen LogP contribution >= 0.6 is 0 Å². The minimum atomic E-state index is -3.69. The number of rotatable bonds is 6. The molecule has 9 nitrogen and oxygen atoms in total. The van der Waals surface area contributed by atoms with Crippen molar-refractivity contribution in [2.24, 2.45) is 0 Å². The molecule has 0 aliphatic heterocycles. The number of pyridine rings is 2. The van der Waals surface area contributed by atoms with E-state index in [9.17, 15) is 17.6 Å². The van der Waals surface area contributed by atoms with Gasteiger partial charge in [-0.3, -0.25) is 19.1 Å². The van der Waals surface area contributed by atoms with E-state index in [1.54, 1.807) is 42.9 Å². The molecule has 6 rings (SSSR count). The fourth-order valence-electron chi connectivity index (χ4n) is 4.69. The average Bonchev–Trinajstić information content (AvgIpc) is 3.57. The summed E-state index contributed by atoms with van der Waals surface area (Å²) in [7, 11) is -0.758. The first-order valence-electron chi connectivity index (χ1n) is 12.5. The van der Waals surface area contributed by atoms with Gasteiger partial charge in [0, 0.05) is 72.5 Å². The lowest BCUT2D eigenvalue weighted by molar-refractivity contribution is 0.0964. The average molecular weight is 571 g/mol. The second-order valence-corrected chi connectivity index (χ2v) is 11.5. The standard InChI is InChI=1S/C30H23FN4O5S/c1-32-30(36)28-22-12-21(18-11-19(16-33-15-18)26-13-23-25(39-26)5-4-10-34-23)24(35(2)41(3,37)38)14-27(22)40-29(28)17-6-8-20(31)9-7-17/h4-16H,1-3H3,(H,32,36). The minimum absolute atomic E-state index is 0.228. The molecular formula is C30H23FN4O5S. The van der Waals surface area contributed by atoms with E-state index < -0.39 is 21.7 Å². The van der Waals surface area contributed by atoms with E-state index >= 15 is 0 Å². The van der Waals surface area contributed by atoms with Crippen LogP contribution in [0.5, 0.6) is 0 Å². The first-order chi connectivity index (χ1) is 19.6. The number of halogens is 1. The lowest BCUT2D eigenvalue weighted by Crippen LogP contribution is -2.25. The van der Waals surface area contributed by atoms with Crippen molar-refractivity contribution in [1.82, 2.24) is 15.3 Å². The number of benzene rings is 2. The molecule has 1 amide bonds. The largest absolute Gasteiger partial charge is 0.455 e. The molecule has 0 spiro atoms. The van der Waals surface area contributed by atoms with Crippen LogP contribution in [0.3, 0.4) is 0 Å². The Balaban J connectivity index is 1.61. The van der Waals surface area contributed by atoms with Gasteiger partial charge in [0.2, 0.25) is 10.0 Å². The third-order valence-corrected chi connectivity index (χ3v) is 8.02. The number of fused-ring (bicyclic) bond motifs is 2. The molecule has 0 atom stereocenters. The molecule has 0 unspecified atom stereocenters. The maximum absolute atomic E-state index is 13.7. The number of hydrogen-bond acceptors (Lipinski definition) is 7. The number of carbonyl (C=O) groups excluding carboxylic acids is 1. The zero-order valence-electron chi connectivity index (χ0n) is 22.2. The second-order valence-electron chi connectivity index (χ2n) is 9.45. The Morgan fingerprint density at radius 1 is 0.951 bits per heavy atom. The summed E-state index contributed by atoms with van der Waals surface area (Å²) in [6, 6.07) is 16.1. The third-order valence-electron chi connectivity index (χ3n) is 6.82. The molecule has 1 N–H and O–H groups in total. The fraction of sp³-hybridized carbons (Fsp3) is 0.100. The molecule has 41 heavy (non-hydrogen) atoms. The SMILES string of the molecule is CNC(=O)c1c(-c2ccc(F)cc2)oc2cc(N(C)S(C)(=O)=O)c(-c3cncc(-c4cc5ncccc5o4)c3)cc12. The molecular weight excluding hydrogens is 547 g/mol. The Kier molecular flexibility index (Phi) is 6.30. The highest BCUT2D eigenvalue weighted by Gasteiger charge is 2.26. The number of nitrogens with one attached hydrogen (secondary N) is 1. The quantitative estimate of drug-likeness (QED) is 0.266. The molecule has 4 heterocycles. The van der Waals surface area contributed by atoms with Crippen LogP contribution in [0.4, 0.5) is 10.1 Å². The van der Waals surface area contributed by atoms with Gasteiger partial charge in [-0.15, -0.1) is 0 Å². The van der Waals surface area contributed by atoms with Crippen molar-refractivity contribution in [1.29, 1.82) is 0 Å². The van der Waals surface area contributed by atoms with Gasteiger partial charge >= 0.3 is 0 Å². The van der Waals surface area contributed by atoms with Gasteiger partial charge in [-0.2, -0.15) is 0 Å². The molecule has 0 radical (unpaired) electrons. The van der Waals surface area contributed by atoms with Crippen molar-refractivity contribution < 1.29 is 26.4 Å². The van der Waals surface area contributed by atoms with Gasteiger partial charge in [-0.05, 0) is 48.5 Å². The smallest absolute Gasteiger partial charge is 0.255 e. The van der Waals surface area contributed by atoms with Crippen molar-refractivity contribution in [3.63, 3.8) is 0 Å². The lowest BCUT2D eigenvalue weighted by Gasteiger charge is -2.20. The lowest BCUT2D eigenvalue weighted by atomic mass is 9.98. The van der Waals surface area contributed by atoms with Crippen LogP contribution in [0.2, 0.25) is 0 Å². The summed E-state index contributed by atoms with van der Waals surface area (Å²) in [4.78, 5) is 21.8. The zero-order chi connectivity index (χ0) is 28.9. The summed E-state index contributed by atoms with van der Waals surface area (Å²) in [5, 5.41) is 3.08. The molecule has 4 aromatic heterocycles. The highest BCUT2D eigenvalue weighted by molar-refractivity contribution is 7.92. The van der Waals surface area contributed by atoms with Crippen LogP contribution in [0.1, 0.15) is 10.4 Å². The Morgan fingerprint density at radius 3 is 2.41 bits per heavy atom. The predicted octanol–water partition coefficient (Wildman–Crippen LogP) is 5.86. The van der Waals surface area contributed by atoms with E-state index in [0.717, 1.165) is 10.6 Å². The Morgan fingerprint density at radius 2 is 1.71 bits per heavy atom. The first kappa shape index (κ1) is 26.2. The summed E-state index contributed by atoms with van der Waals surface area (Å²) in [5.41, 5.74) is 4.35. The van der Waals surface area contributed by atoms with Crippen molar-refractivity contribution >= 4 is 43.7 Å². The maximum Gasteiger partial charge on any atom is 0.255 e. The van der Waals surface area contributed by atoms with Gasteiger partial charge in [0.25, 0.3) is 5.91 Å². The summed E-state index contributed by atoms with van der Waals surface area (Å²) < 4.78 is 52.2. The van der Waals surface area contributed by atoms with Crippen LogP contribution in [0.25, 0.3) is 55.8 Å². The molecule has 0 bridgehead atoms. The van der Waals surface area contributed by atoms with Gasteiger partial charge in [0.15, 0.2) is 5.58 Å². The van der Waals surface area contributed by atoms with Gasteiger partial charge in [-0.1, -0.05) is 0 Å². The summed E-state index contributed by atoms with van der Waals surface area (Å²) in [6.07, 6.45) is 6.01. The number of amides is 1. The Hall–Kier alpha value is -5.03. The fourth-order valence-corrected chi connectivity index (χ4v) is 5.20. The number of anilines is 1. The topological polar surface area (TPSA) is 119 Å². The minimum Gasteiger partial charge on any atom is -0.455 e. The molecule has 0 aliphatic rings. The number of furan rings is 2. The third kappa shape index (κ3) is 4.70. The van der Waals surface area contributed by atoms with Crippen LogP contribution < -0.4 is 9.62 Å². The highest BCUT2D eigenvalue weighted by atomic mass is 32.2. The van der Waals surface area contributed by atoms with Gasteiger partial charge in [0.1, 0.15) is 28.4 Å². The molecule has 0 saturated heterocycles. The van der Waals surface area contributed by atoms with Crippen molar-refractivity contribution in [3.05, 3.63) is 90.6 Å².